The molecule has 0 heterocycles. The lowest BCUT2D eigenvalue weighted by Gasteiger charge is -1.90. The van der Waals surface area contributed by atoms with Crippen molar-refractivity contribution in [1.29, 1.82) is 0 Å². The molecule has 0 spiro atoms. The summed E-state index contributed by atoms with van der Waals surface area (Å²) >= 11 is 5.47. The lowest BCUT2D eigenvalue weighted by molar-refractivity contribution is 0.728. The van der Waals surface area contributed by atoms with Crippen LogP contribution in [0, 0.1) is 0 Å². The molecule has 0 aliphatic rings. The molecule has 0 amide bonds. The molecular weight excluding hydrogens is 168 g/mol. The van der Waals surface area contributed by atoms with Crippen LogP contribution >= 0.6 is 11.6 Å². The normalized spacial score (nSPS) is 11.8. The molecule has 0 unspecified atom stereocenters. The Balaban J connectivity index is 3.08. The van der Waals surface area contributed by atoms with Crippen molar-refractivity contribution in [3.8, 4) is 0 Å². The van der Waals surface area contributed by atoms with Crippen LogP contribution in [0.5, 0.6) is 0 Å². The van der Waals surface area contributed by atoms with E-state index in [1.807, 2.05) is 6.08 Å². The van der Waals surface area contributed by atoms with Gasteiger partial charge in [0, 0.05) is 5.88 Å². The van der Waals surface area contributed by atoms with E-state index in [1.165, 1.54) is 25.7 Å². The highest BCUT2D eigenvalue weighted by atomic mass is 35.5. The van der Waals surface area contributed by atoms with Crippen LogP contribution in [-0.2, 0) is 0 Å². The molecule has 0 fully saturated rings. The first-order valence-corrected chi connectivity index (χ1v) is 5.31. The average Bonchev–Trinajstić information content (AvgIpc) is 2.10. The zero-order chi connectivity index (χ0) is 9.07. The fraction of sp³-hybridized carbons (Fsp3) is 0.636. The monoisotopic (exact) mass is 186 g/mol. The van der Waals surface area contributed by atoms with Gasteiger partial charge in [0.2, 0.25) is 0 Å². The largest absolute Gasteiger partial charge is 0.122 e. The lowest BCUT2D eigenvalue weighted by Crippen LogP contribution is -1.70. The Morgan fingerprint density at radius 2 is 1.75 bits per heavy atom. The van der Waals surface area contributed by atoms with E-state index in [9.17, 15) is 0 Å². The van der Waals surface area contributed by atoms with E-state index in [2.05, 4.69) is 25.2 Å². The van der Waals surface area contributed by atoms with E-state index >= 15 is 0 Å². The molecule has 0 saturated carbocycles. The summed E-state index contributed by atoms with van der Waals surface area (Å²) in [5.41, 5.74) is 0. The Morgan fingerprint density at radius 3 is 2.42 bits per heavy atom. The fourth-order valence-electron chi connectivity index (χ4n) is 0.964. The number of unbranched alkanes of at least 4 members (excludes halogenated alkanes) is 3. The van der Waals surface area contributed by atoms with Crippen molar-refractivity contribution in [2.75, 3.05) is 5.88 Å². The highest BCUT2D eigenvalue weighted by molar-refractivity contribution is 6.18. The SMILES string of the molecule is CCCCC/C=C\C/C=C\CCl. The maximum Gasteiger partial charge on any atom is 0.0404 e. The van der Waals surface area contributed by atoms with E-state index in [0.29, 0.717) is 5.88 Å². The lowest BCUT2D eigenvalue weighted by atomic mass is 10.2. The smallest absolute Gasteiger partial charge is 0.0404 e. The van der Waals surface area contributed by atoms with Crippen LogP contribution < -0.4 is 0 Å². The number of hydrogen-bond acceptors (Lipinski definition) is 0. The highest BCUT2D eigenvalue weighted by Gasteiger charge is 1.80. The average molecular weight is 187 g/mol. The van der Waals surface area contributed by atoms with Gasteiger partial charge in [-0.15, -0.1) is 11.6 Å². The molecule has 0 atom stereocenters. The Kier molecular flexibility index (Phi) is 10.6. The molecule has 0 aliphatic heterocycles. The predicted octanol–water partition coefficient (Wildman–Crippen LogP) is 4.31. The third-order valence-electron chi connectivity index (χ3n) is 1.67. The molecule has 0 rings (SSSR count). The second-order valence-electron chi connectivity index (χ2n) is 2.83. The summed E-state index contributed by atoms with van der Waals surface area (Å²) < 4.78 is 0. The number of allylic oxidation sites excluding steroid dienone is 4. The van der Waals surface area contributed by atoms with Crippen LogP contribution in [0.15, 0.2) is 24.3 Å². The fourth-order valence-corrected chi connectivity index (χ4v) is 1.09. The molecule has 1 heteroatoms. The molecule has 0 aromatic rings. The van der Waals surface area contributed by atoms with Crippen LogP contribution in [0.25, 0.3) is 0 Å². The van der Waals surface area contributed by atoms with Gasteiger partial charge in [-0.2, -0.15) is 0 Å². The first kappa shape index (κ1) is 11.8. The van der Waals surface area contributed by atoms with Crippen molar-refractivity contribution >= 4 is 11.6 Å². The molecule has 70 valence electrons. The van der Waals surface area contributed by atoms with Gasteiger partial charge in [-0.05, 0) is 19.3 Å². The molecule has 0 nitrogen and oxygen atoms in total. The van der Waals surface area contributed by atoms with Crippen LogP contribution in [0.2, 0.25) is 0 Å². The molecule has 0 bridgehead atoms. The topological polar surface area (TPSA) is 0 Å². The standard InChI is InChI=1S/C11H19Cl/c1-2-3-4-5-6-7-8-9-10-11-12/h6-7,9-10H,2-5,8,11H2,1H3/b7-6-,10-9-. The molecular formula is C11H19Cl. The van der Waals surface area contributed by atoms with Crippen molar-refractivity contribution in [2.24, 2.45) is 0 Å². The second-order valence-corrected chi connectivity index (χ2v) is 3.14. The number of halogens is 1. The van der Waals surface area contributed by atoms with Crippen LogP contribution in [0.1, 0.15) is 39.0 Å². The van der Waals surface area contributed by atoms with Gasteiger partial charge in [-0.1, -0.05) is 44.1 Å². The third kappa shape index (κ3) is 9.77. The molecule has 0 radical (unpaired) electrons. The highest BCUT2D eigenvalue weighted by Crippen LogP contribution is 2.00. The Bertz CT molecular complexity index is 125. The summed E-state index contributed by atoms with van der Waals surface area (Å²) in [4.78, 5) is 0. The summed E-state index contributed by atoms with van der Waals surface area (Å²) in [5, 5.41) is 0. The Morgan fingerprint density at radius 1 is 1.00 bits per heavy atom. The van der Waals surface area contributed by atoms with Crippen LogP contribution in [-0.4, -0.2) is 5.88 Å². The van der Waals surface area contributed by atoms with E-state index in [1.54, 1.807) is 0 Å². The van der Waals surface area contributed by atoms with Crippen LogP contribution in [0.4, 0.5) is 0 Å². The van der Waals surface area contributed by atoms with Crippen LogP contribution in [0.3, 0.4) is 0 Å². The Labute approximate surface area is 81.3 Å². The van der Waals surface area contributed by atoms with Gasteiger partial charge in [0.25, 0.3) is 0 Å². The van der Waals surface area contributed by atoms with Gasteiger partial charge in [-0.3, -0.25) is 0 Å². The summed E-state index contributed by atoms with van der Waals surface area (Å²) in [6, 6.07) is 0. The predicted molar refractivity (Wildman–Crippen MR) is 57.8 cm³/mol. The minimum Gasteiger partial charge on any atom is -0.122 e. The maximum atomic E-state index is 5.47. The summed E-state index contributed by atoms with van der Waals surface area (Å²) in [6.45, 7) is 2.23. The van der Waals surface area contributed by atoms with E-state index < -0.39 is 0 Å². The third-order valence-corrected chi connectivity index (χ3v) is 1.85. The minimum atomic E-state index is 0.629. The van der Waals surface area contributed by atoms with Gasteiger partial charge < -0.3 is 0 Å². The van der Waals surface area contributed by atoms with Crippen molar-refractivity contribution in [3.63, 3.8) is 0 Å². The second kappa shape index (κ2) is 10.8. The minimum absolute atomic E-state index is 0.629. The zero-order valence-corrected chi connectivity index (χ0v) is 8.69. The van der Waals surface area contributed by atoms with Gasteiger partial charge in [-0.25, -0.2) is 0 Å². The first-order valence-electron chi connectivity index (χ1n) is 4.77. The number of rotatable bonds is 7. The van der Waals surface area contributed by atoms with E-state index in [0.717, 1.165) is 6.42 Å². The molecule has 0 saturated heterocycles. The van der Waals surface area contributed by atoms with Crippen molar-refractivity contribution < 1.29 is 0 Å². The van der Waals surface area contributed by atoms with Crippen molar-refractivity contribution in [3.05, 3.63) is 24.3 Å². The van der Waals surface area contributed by atoms with Crippen molar-refractivity contribution in [2.45, 2.75) is 39.0 Å². The first-order chi connectivity index (χ1) is 5.91. The molecule has 0 aromatic heterocycles. The molecule has 0 aromatic carbocycles. The zero-order valence-electron chi connectivity index (χ0n) is 7.93. The number of alkyl halides is 1. The number of hydrogen-bond donors (Lipinski definition) is 0. The molecule has 12 heavy (non-hydrogen) atoms. The van der Waals surface area contributed by atoms with Gasteiger partial charge in [0.15, 0.2) is 0 Å². The summed E-state index contributed by atoms with van der Waals surface area (Å²) in [5.74, 6) is 0.629. The molecule has 0 aliphatic carbocycles. The quantitative estimate of drug-likeness (QED) is 0.316. The summed E-state index contributed by atoms with van der Waals surface area (Å²) in [7, 11) is 0. The Hall–Kier alpha value is -0.230. The van der Waals surface area contributed by atoms with Crippen molar-refractivity contribution in [1.82, 2.24) is 0 Å². The maximum absolute atomic E-state index is 5.47. The van der Waals surface area contributed by atoms with Gasteiger partial charge in [0.1, 0.15) is 0 Å². The van der Waals surface area contributed by atoms with E-state index in [4.69, 9.17) is 11.6 Å². The van der Waals surface area contributed by atoms with Gasteiger partial charge in [0.05, 0.1) is 0 Å². The van der Waals surface area contributed by atoms with E-state index in [-0.39, 0.29) is 0 Å². The molecule has 0 N–H and O–H groups in total. The summed E-state index contributed by atoms with van der Waals surface area (Å²) in [6.07, 6.45) is 14.8. The van der Waals surface area contributed by atoms with Gasteiger partial charge >= 0.3 is 0 Å².